The summed E-state index contributed by atoms with van der Waals surface area (Å²) in [4.78, 5) is 15.5. The highest BCUT2D eigenvalue weighted by Crippen LogP contribution is 2.39. The van der Waals surface area contributed by atoms with Gasteiger partial charge in [-0.1, -0.05) is 0 Å². The summed E-state index contributed by atoms with van der Waals surface area (Å²) in [6.45, 7) is 0. The van der Waals surface area contributed by atoms with E-state index >= 15 is 0 Å². The molecule has 0 fully saturated rings. The molecular formula is C11H10N4OS. The minimum absolute atomic E-state index is 0.00273. The Bertz CT molecular complexity index is 539. The molecule has 1 amide bonds. The van der Waals surface area contributed by atoms with Gasteiger partial charge in [0.2, 0.25) is 5.91 Å². The number of H-pyrrole nitrogens is 1. The first kappa shape index (κ1) is 10.3. The Morgan fingerprint density at radius 1 is 1.35 bits per heavy atom. The smallest absolute Gasteiger partial charge is 0.235 e. The van der Waals surface area contributed by atoms with Crippen LogP contribution in [-0.2, 0) is 4.79 Å². The number of nitrogens with zero attached hydrogens (tertiary/aromatic N) is 2. The molecule has 2 aromatic rings. The van der Waals surface area contributed by atoms with Crippen molar-refractivity contribution in [3.05, 3.63) is 41.9 Å². The first-order valence-electron chi connectivity index (χ1n) is 5.19. The molecule has 1 aliphatic heterocycles. The molecule has 0 aliphatic carbocycles. The molecule has 2 aromatic heterocycles. The number of fused-ring (bicyclic) bond motifs is 1. The van der Waals surface area contributed by atoms with Crippen molar-refractivity contribution in [3.8, 4) is 0 Å². The molecule has 5 nitrogen and oxygen atoms in total. The Labute approximate surface area is 102 Å². The van der Waals surface area contributed by atoms with Crippen LogP contribution in [0.2, 0.25) is 0 Å². The zero-order valence-electron chi connectivity index (χ0n) is 8.88. The first-order chi connectivity index (χ1) is 8.34. The van der Waals surface area contributed by atoms with Crippen molar-refractivity contribution >= 4 is 23.5 Å². The van der Waals surface area contributed by atoms with Crippen molar-refractivity contribution in [1.29, 1.82) is 0 Å². The lowest BCUT2D eigenvalue weighted by molar-refractivity contribution is -0.113. The summed E-state index contributed by atoms with van der Waals surface area (Å²) in [5.41, 5.74) is 2.14. The number of rotatable bonds is 1. The monoisotopic (exact) mass is 246 g/mol. The van der Waals surface area contributed by atoms with Gasteiger partial charge in [-0.15, -0.1) is 11.8 Å². The van der Waals surface area contributed by atoms with E-state index < -0.39 is 0 Å². The Morgan fingerprint density at radius 2 is 2.18 bits per heavy atom. The molecule has 0 bridgehead atoms. The van der Waals surface area contributed by atoms with E-state index in [1.807, 2.05) is 12.1 Å². The highest BCUT2D eigenvalue weighted by Gasteiger charge is 2.25. The Kier molecular flexibility index (Phi) is 2.56. The highest BCUT2D eigenvalue weighted by atomic mass is 32.2. The van der Waals surface area contributed by atoms with Gasteiger partial charge >= 0.3 is 0 Å². The number of nitrogens with one attached hydrogen (secondary N) is 2. The Hall–Kier alpha value is -1.82. The van der Waals surface area contributed by atoms with Gasteiger partial charge in [0.25, 0.3) is 0 Å². The number of anilines is 1. The number of hydrogen-bond donors (Lipinski definition) is 2. The van der Waals surface area contributed by atoms with Crippen LogP contribution in [0.25, 0.3) is 0 Å². The predicted octanol–water partition coefficient (Wildman–Crippen LogP) is 1.58. The molecule has 86 valence electrons. The molecular weight excluding hydrogens is 236 g/mol. The number of aromatic nitrogens is 3. The number of amides is 1. The number of pyridine rings is 1. The van der Waals surface area contributed by atoms with E-state index in [9.17, 15) is 4.79 Å². The van der Waals surface area contributed by atoms with E-state index in [1.165, 1.54) is 0 Å². The molecule has 3 rings (SSSR count). The third kappa shape index (κ3) is 1.91. The SMILES string of the molecule is O=C1CS[C@@H](c2ccncc2)c2cn[nH]c2N1. The second-order valence-electron chi connectivity index (χ2n) is 3.72. The van der Waals surface area contributed by atoms with Crippen LogP contribution in [0, 0.1) is 0 Å². The maximum Gasteiger partial charge on any atom is 0.235 e. The summed E-state index contributed by atoms with van der Waals surface area (Å²) in [6.07, 6.45) is 5.28. The molecule has 2 N–H and O–H groups in total. The van der Waals surface area contributed by atoms with Gasteiger partial charge in [0, 0.05) is 18.0 Å². The molecule has 6 heteroatoms. The average Bonchev–Trinajstić information content (AvgIpc) is 2.73. The maximum absolute atomic E-state index is 11.5. The lowest BCUT2D eigenvalue weighted by atomic mass is 10.1. The molecule has 0 saturated heterocycles. The van der Waals surface area contributed by atoms with Crippen LogP contribution >= 0.6 is 11.8 Å². The molecule has 1 atom stereocenters. The zero-order valence-corrected chi connectivity index (χ0v) is 9.70. The Balaban J connectivity index is 2.04. The van der Waals surface area contributed by atoms with E-state index in [0.717, 1.165) is 11.1 Å². The van der Waals surface area contributed by atoms with Gasteiger partial charge in [0.05, 0.1) is 17.2 Å². The third-order valence-electron chi connectivity index (χ3n) is 2.61. The van der Waals surface area contributed by atoms with Crippen LogP contribution in [0.1, 0.15) is 16.4 Å². The minimum atomic E-state index is -0.00273. The molecule has 0 aromatic carbocycles. The summed E-state index contributed by atoms with van der Waals surface area (Å²) >= 11 is 1.59. The van der Waals surface area contributed by atoms with Crippen LogP contribution in [0.5, 0.6) is 0 Å². The van der Waals surface area contributed by atoms with Crippen LogP contribution in [0.15, 0.2) is 30.7 Å². The van der Waals surface area contributed by atoms with Crippen molar-refractivity contribution in [3.63, 3.8) is 0 Å². The summed E-state index contributed by atoms with van der Waals surface area (Å²) in [5, 5.41) is 9.73. The average molecular weight is 246 g/mol. The lowest BCUT2D eigenvalue weighted by Gasteiger charge is -2.12. The number of aromatic amines is 1. The zero-order chi connectivity index (χ0) is 11.7. The van der Waals surface area contributed by atoms with Gasteiger partial charge in [-0.3, -0.25) is 14.9 Å². The van der Waals surface area contributed by atoms with Crippen LogP contribution in [0.4, 0.5) is 5.82 Å². The summed E-state index contributed by atoms with van der Waals surface area (Å²) in [6, 6.07) is 3.93. The van der Waals surface area contributed by atoms with Gasteiger partial charge in [0.15, 0.2) is 0 Å². The van der Waals surface area contributed by atoms with E-state index in [4.69, 9.17) is 0 Å². The van der Waals surface area contributed by atoms with E-state index in [-0.39, 0.29) is 11.2 Å². The number of carbonyl (C=O) groups is 1. The Morgan fingerprint density at radius 3 is 3.00 bits per heavy atom. The second kappa shape index (κ2) is 4.21. The van der Waals surface area contributed by atoms with Crippen molar-refractivity contribution in [1.82, 2.24) is 15.2 Å². The summed E-state index contributed by atoms with van der Waals surface area (Å²) < 4.78 is 0. The fourth-order valence-corrected chi connectivity index (χ4v) is 2.93. The van der Waals surface area contributed by atoms with Crippen LogP contribution in [-0.4, -0.2) is 26.8 Å². The fourth-order valence-electron chi connectivity index (χ4n) is 1.83. The molecule has 3 heterocycles. The van der Waals surface area contributed by atoms with Gasteiger partial charge < -0.3 is 5.32 Å². The lowest BCUT2D eigenvalue weighted by Crippen LogP contribution is -2.12. The van der Waals surface area contributed by atoms with E-state index in [0.29, 0.717) is 11.6 Å². The number of thioether (sulfide) groups is 1. The van der Waals surface area contributed by atoms with E-state index in [2.05, 4.69) is 20.5 Å². The summed E-state index contributed by atoms with van der Waals surface area (Å²) in [7, 11) is 0. The van der Waals surface area contributed by atoms with Crippen molar-refractivity contribution in [2.24, 2.45) is 0 Å². The predicted molar refractivity (Wildman–Crippen MR) is 65.8 cm³/mol. The quantitative estimate of drug-likeness (QED) is 0.801. The number of hydrogen-bond acceptors (Lipinski definition) is 4. The third-order valence-corrected chi connectivity index (χ3v) is 3.89. The molecule has 0 spiro atoms. The van der Waals surface area contributed by atoms with Gasteiger partial charge in [-0.05, 0) is 17.7 Å². The highest BCUT2D eigenvalue weighted by molar-refractivity contribution is 8.00. The van der Waals surface area contributed by atoms with Crippen LogP contribution in [0.3, 0.4) is 0 Å². The van der Waals surface area contributed by atoms with Gasteiger partial charge in [-0.25, -0.2) is 0 Å². The summed E-state index contributed by atoms with van der Waals surface area (Å²) in [5.74, 6) is 1.13. The normalized spacial score (nSPS) is 19.3. The topological polar surface area (TPSA) is 70.7 Å². The molecule has 17 heavy (non-hydrogen) atoms. The number of carbonyl (C=O) groups excluding carboxylic acids is 1. The van der Waals surface area contributed by atoms with Gasteiger partial charge in [-0.2, -0.15) is 5.10 Å². The standard InChI is InChI=1S/C11H10N4OS/c16-9-6-17-10(7-1-3-12-4-2-7)8-5-13-15-11(8)14-9/h1-5,10H,6H2,(H2,13,14,15,16)/t10-/m0/s1. The maximum atomic E-state index is 11.5. The van der Waals surface area contributed by atoms with Gasteiger partial charge in [0.1, 0.15) is 5.82 Å². The largest absolute Gasteiger partial charge is 0.310 e. The molecule has 0 radical (unpaired) electrons. The van der Waals surface area contributed by atoms with Crippen molar-refractivity contribution < 1.29 is 4.79 Å². The molecule has 0 saturated carbocycles. The minimum Gasteiger partial charge on any atom is -0.310 e. The van der Waals surface area contributed by atoms with Crippen molar-refractivity contribution in [2.45, 2.75) is 5.25 Å². The van der Waals surface area contributed by atoms with Crippen LogP contribution < -0.4 is 5.32 Å². The molecule has 1 aliphatic rings. The molecule has 0 unspecified atom stereocenters. The van der Waals surface area contributed by atoms with E-state index in [1.54, 1.807) is 30.4 Å². The van der Waals surface area contributed by atoms with Crippen molar-refractivity contribution in [2.75, 3.05) is 11.1 Å². The fraction of sp³-hybridized carbons (Fsp3) is 0.182. The second-order valence-corrected chi connectivity index (χ2v) is 4.81. The first-order valence-corrected chi connectivity index (χ1v) is 6.24.